The quantitative estimate of drug-likeness (QED) is 0.552. The smallest absolute Gasteiger partial charge is 0.239 e. The number of imide groups is 1. The first kappa shape index (κ1) is 21.7. The average molecular weight is 420 g/mol. The highest BCUT2D eigenvalue weighted by atomic mass is 32.2. The topological polar surface area (TPSA) is 46.2 Å². The number of nitrogens with one attached hydrogen (secondary N) is 1. The van der Waals surface area contributed by atoms with Crippen LogP contribution in [0.1, 0.15) is 90.9 Å². The molecule has 4 rings (SSSR count). The zero-order chi connectivity index (χ0) is 20.6. The van der Waals surface area contributed by atoms with Crippen molar-refractivity contribution in [1.29, 1.82) is 0 Å². The zero-order valence-corrected chi connectivity index (χ0v) is 19.6. The monoisotopic (exact) mass is 419 g/mol. The second kappa shape index (κ2) is 8.55. The van der Waals surface area contributed by atoms with E-state index in [1.54, 1.807) is 11.8 Å². The van der Waals surface area contributed by atoms with E-state index in [0.29, 0.717) is 17.2 Å². The molecule has 4 fully saturated rings. The van der Waals surface area contributed by atoms with Gasteiger partial charge in [-0.05, 0) is 111 Å². The molecular weight excluding hydrogens is 378 g/mol. The van der Waals surface area contributed by atoms with Gasteiger partial charge in [0.25, 0.3) is 0 Å². The molecule has 8 unspecified atom stereocenters. The summed E-state index contributed by atoms with van der Waals surface area (Å²) in [7, 11) is 0. The van der Waals surface area contributed by atoms with Crippen LogP contribution in [0.5, 0.6) is 0 Å². The van der Waals surface area contributed by atoms with Crippen LogP contribution in [0.2, 0.25) is 0 Å². The largest absolute Gasteiger partial charge is 0.298 e. The van der Waals surface area contributed by atoms with E-state index in [2.05, 4.69) is 19.2 Å². The van der Waals surface area contributed by atoms with Crippen molar-refractivity contribution in [2.75, 3.05) is 6.26 Å². The molecule has 0 bridgehead atoms. The number of hydrogen-bond acceptors (Lipinski definition) is 3. The van der Waals surface area contributed by atoms with E-state index in [0.717, 1.165) is 42.4 Å². The zero-order valence-electron chi connectivity index (χ0n) is 18.8. The van der Waals surface area contributed by atoms with Gasteiger partial charge < -0.3 is 0 Å². The first-order valence-corrected chi connectivity index (χ1v) is 13.5. The molecule has 0 radical (unpaired) electrons. The highest BCUT2D eigenvalue weighted by molar-refractivity contribution is 7.99. The van der Waals surface area contributed by atoms with Gasteiger partial charge in [0, 0.05) is 0 Å². The first-order valence-electron chi connectivity index (χ1n) is 12.2. The summed E-state index contributed by atoms with van der Waals surface area (Å²) >= 11 is 1.59. The normalized spacial score (nSPS) is 44.9. The molecule has 29 heavy (non-hydrogen) atoms. The third-order valence-electron chi connectivity index (χ3n) is 10.3. The van der Waals surface area contributed by atoms with Crippen LogP contribution in [0, 0.1) is 40.4 Å². The third-order valence-corrected chi connectivity index (χ3v) is 11.4. The Morgan fingerprint density at radius 3 is 2.59 bits per heavy atom. The second-order valence-electron chi connectivity index (χ2n) is 11.1. The van der Waals surface area contributed by atoms with Gasteiger partial charge >= 0.3 is 0 Å². The summed E-state index contributed by atoms with van der Waals surface area (Å²) in [6, 6.07) is 0. The number of hydrogen-bond donors (Lipinski definition) is 1. The minimum absolute atomic E-state index is 0.0872. The Kier molecular flexibility index (Phi) is 6.40. The molecule has 4 aliphatic carbocycles. The van der Waals surface area contributed by atoms with E-state index in [1.807, 2.05) is 6.26 Å². The molecule has 4 heteroatoms. The highest BCUT2D eigenvalue weighted by Crippen LogP contribution is 2.67. The summed E-state index contributed by atoms with van der Waals surface area (Å²) in [6.45, 7) is 5.26. The number of amides is 2. The van der Waals surface area contributed by atoms with Crippen LogP contribution in [0.3, 0.4) is 0 Å². The first-order chi connectivity index (χ1) is 13.9. The lowest BCUT2D eigenvalue weighted by Crippen LogP contribution is -2.52. The Morgan fingerprint density at radius 1 is 1.03 bits per heavy atom. The predicted octanol–water partition coefficient (Wildman–Crippen LogP) is 5.82. The van der Waals surface area contributed by atoms with Gasteiger partial charge in [-0.25, -0.2) is 0 Å². The lowest BCUT2D eigenvalue weighted by atomic mass is 9.45. The summed E-state index contributed by atoms with van der Waals surface area (Å²) in [6.07, 6.45) is 19.0. The van der Waals surface area contributed by atoms with Crippen LogP contribution in [0.15, 0.2) is 0 Å². The Balaban J connectivity index is 1.44. The fourth-order valence-electron chi connectivity index (χ4n) is 8.74. The number of carbonyl (C=O) groups is 2. The Bertz CT molecular complexity index is 624. The van der Waals surface area contributed by atoms with Gasteiger partial charge in [0.15, 0.2) is 0 Å². The van der Waals surface area contributed by atoms with Gasteiger partial charge in [-0.1, -0.05) is 26.7 Å². The van der Waals surface area contributed by atoms with E-state index in [-0.39, 0.29) is 11.2 Å². The van der Waals surface area contributed by atoms with Crippen molar-refractivity contribution in [3.63, 3.8) is 0 Å². The molecule has 8 atom stereocenters. The van der Waals surface area contributed by atoms with Crippen LogP contribution >= 0.6 is 11.8 Å². The molecule has 2 amide bonds. The molecule has 0 aromatic rings. The molecule has 164 valence electrons. The predicted molar refractivity (Wildman–Crippen MR) is 121 cm³/mol. The van der Waals surface area contributed by atoms with E-state index in [1.165, 1.54) is 64.2 Å². The third kappa shape index (κ3) is 3.70. The Morgan fingerprint density at radius 2 is 1.83 bits per heavy atom. The van der Waals surface area contributed by atoms with Gasteiger partial charge in [-0.3, -0.25) is 14.9 Å². The van der Waals surface area contributed by atoms with E-state index >= 15 is 0 Å². The molecule has 0 heterocycles. The van der Waals surface area contributed by atoms with Crippen molar-refractivity contribution in [2.45, 2.75) is 96.1 Å². The lowest BCUT2D eigenvalue weighted by molar-refractivity contribution is -0.125. The lowest BCUT2D eigenvalue weighted by Gasteiger charge is -2.60. The summed E-state index contributed by atoms with van der Waals surface area (Å²) in [4.78, 5) is 22.8. The molecule has 3 nitrogen and oxygen atoms in total. The molecule has 0 aromatic heterocycles. The summed E-state index contributed by atoms with van der Waals surface area (Å²) in [5.74, 6) is 4.46. The van der Waals surface area contributed by atoms with Crippen LogP contribution in [-0.2, 0) is 9.59 Å². The van der Waals surface area contributed by atoms with Crippen LogP contribution in [0.25, 0.3) is 0 Å². The molecule has 4 saturated carbocycles. The molecule has 0 spiro atoms. The number of carbonyl (C=O) groups excluding carboxylic acids is 2. The number of thioether (sulfide) groups is 1. The SMILES string of the molecule is CSC(CCC1CCC2C3CCC4CCCCC4(C)C3CCC12C)C(=O)NC=O. The number of fused-ring (bicyclic) bond motifs is 5. The van der Waals surface area contributed by atoms with E-state index in [4.69, 9.17) is 0 Å². The summed E-state index contributed by atoms with van der Waals surface area (Å²) in [5, 5.41) is 2.28. The van der Waals surface area contributed by atoms with Gasteiger partial charge in [-0.15, -0.1) is 0 Å². The van der Waals surface area contributed by atoms with Gasteiger partial charge in [0.2, 0.25) is 12.3 Å². The maximum Gasteiger partial charge on any atom is 0.239 e. The summed E-state index contributed by atoms with van der Waals surface area (Å²) < 4.78 is 0. The molecule has 1 N–H and O–H groups in total. The van der Waals surface area contributed by atoms with Crippen molar-refractivity contribution in [3.05, 3.63) is 0 Å². The highest BCUT2D eigenvalue weighted by Gasteiger charge is 2.59. The number of rotatable bonds is 6. The van der Waals surface area contributed by atoms with Gasteiger partial charge in [0.1, 0.15) is 0 Å². The maximum atomic E-state index is 12.1. The Hall–Kier alpha value is -0.510. The molecular formula is C25H41NO2S. The van der Waals surface area contributed by atoms with Crippen LogP contribution in [-0.4, -0.2) is 23.8 Å². The fourth-order valence-corrected chi connectivity index (χ4v) is 9.39. The van der Waals surface area contributed by atoms with Crippen LogP contribution in [0.4, 0.5) is 0 Å². The van der Waals surface area contributed by atoms with Crippen molar-refractivity contribution in [1.82, 2.24) is 5.32 Å². The van der Waals surface area contributed by atoms with Crippen molar-refractivity contribution in [3.8, 4) is 0 Å². The molecule has 4 aliphatic rings. The molecule has 0 aliphatic heterocycles. The minimum atomic E-state index is -0.112. The fraction of sp³-hybridized carbons (Fsp3) is 0.920. The maximum absolute atomic E-state index is 12.1. The van der Waals surface area contributed by atoms with Gasteiger partial charge in [-0.2, -0.15) is 11.8 Å². The van der Waals surface area contributed by atoms with Gasteiger partial charge in [0.05, 0.1) is 5.25 Å². The standard InChI is InChI=1S/C25H41NO2S/c1-24-14-5-4-6-17(24)7-10-19-20-11-8-18(25(20,2)15-13-21(19)24)9-12-22(29-3)23(28)26-16-27/h16-22H,4-15H2,1-3H3,(H,26,27,28). The van der Waals surface area contributed by atoms with Crippen molar-refractivity contribution >= 4 is 24.1 Å². The summed E-state index contributed by atoms with van der Waals surface area (Å²) in [5.41, 5.74) is 1.10. The van der Waals surface area contributed by atoms with Crippen LogP contribution < -0.4 is 5.32 Å². The molecule has 0 aromatic carbocycles. The van der Waals surface area contributed by atoms with Crippen molar-refractivity contribution in [2.24, 2.45) is 40.4 Å². The van der Waals surface area contributed by atoms with E-state index in [9.17, 15) is 9.59 Å². The minimum Gasteiger partial charge on any atom is -0.298 e. The van der Waals surface area contributed by atoms with Crippen molar-refractivity contribution < 1.29 is 9.59 Å². The second-order valence-corrected chi connectivity index (χ2v) is 12.2. The average Bonchev–Trinajstić information content (AvgIpc) is 3.04. The van der Waals surface area contributed by atoms with E-state index < -0.39 is 0 Å². The Labute approximate surface area is 181 Å². The molecule has 0 saturated heterocycles.